The zero-order valence-corrected chi connectivity index (χ0v) is 13.0. The summed E-state index contributed by atoms with van der Waals surface area (Å²) in [6.07, 6.45) is 6.89. The Morgan fingerprint density at radius 3 is 2.67 bits per heavy atom. The number of fused-ring (bicyclic) bond motifs is 2. The molecule has 5 nitrogen and oxygen atoms in total. The fraction of sp³-hybridized carbons (Fsp3) is 0.688. The van der Waals surface area contributed by atoms with Crippen molar-refractivity contribution in [3.8, 4) is 0 Å². The molecule has 3 N–H and O–H groups in total. The quantitative estimate of drug-likeness (QED) is 0.887. The first-order valence-electron chi connectivity index (χ1n) is 8.04. The number of nitrogen functional groups attached to an aromatic ring is 1. The van der Waals surface area contributed by atoms with E-state index < -0.39 is 0 Å². The third kappa shape index (κ3) is 2.79. The standard InChI is InChI=1S/C16H26N4O/c1-3-20-10-12(17)8-15(20)16(21)18-9-11-6-13-4-5-14(7-11)19(13)2/h8,10-11,13-14H,3-7,9,17H2,1-2H3,(H,18,21). The van der Waals surface area contributed by atoms with Crippen LogP contribution in [0.4, 0.5) is 5.69 Å². The highest BCUT2D eigenvalue weighted by Gasteiger charge is 2.38. The van der Waals surface area contributed by atoms with Gasteiger partial charge in [0, 0.05) is 31.4 Å². The number of carbonyl (C=O) groups excluding carboxylic acids is 1. The molecular formula is C16H26N4O. The van der Waals surface area contributed by atoms with E-state index in [0.717, 1.165) is 25.2 Å². The van der Waals surface area contributed by atoms with E-state index in [1.54, 1.807) is 6.07 Å². The summed E-state index contributed by atoms with van der Waals surface area (Å²) in [7, 11) is 2.24. The summed E-state index contributed by atoms with van der Waals surface area (Å²) in [4.78, 5) is 14.9. The van der Waals surface area contributed by atoms with Gasteiger partial charge in [-0.15, -0.1) is 0 Å². The second kappa shape index (κ2) is 5.72. The molecule has 2 atom stereocenters. The molecule has 3 heterocycles. The predicted molar refractivity (Wildman–Crippen MR) is 84.1 cm³/mol. The van der Waals surface area contributed by atoms with Crippen molar-refractivity contribution >= 4 is 11.6 Å². The van der Waals surface area contributed by atoms with Crippen molar-refractivity contribution in [2.24, 2.45) is 5.92 Å². The molecule has 21 heavy (non-hydrogen) atoms. The molecule has 0 aliphatic carbocycles. The highest BCUT2D eigenvalue weighted by atomic mass is 16.1. The Labute approximate surface area is 126 Å². The number of nitrogens with zero attached hydrogens (tertiary/aromatic N) is 2. The van der Waals surface area contributed by atoms with E-state index in [1.807, 2.05) is 17.7 Å². The normalized spacial score (nSPS) is 28.8. The monoisotopic (exact) mass is 290 g/mol. The van der Waals surface area contributed by atoms with Gasteiger partial charge in [-0.3, -0.25) is 4.79 Å². The first-order valence-corrected chi connectivity index (χ1v) is 8.04. The molecule has 116 valence electrons. The zero-order valence-electron chi connectivity index (χ0n) is 13.0. The Morgan fingerprint density at radius 1 is 1.38 bits per heavy atom. The summed E-state index contributed by atoms with van der Waals surface area (Å²) in [5, 5.41) is 3.11. The van der Waals surface area contributed by atoms with E-state index in [1.165, 1.54) is 25.7 Å². The van der Waals surface area contributed by atoms with Gasteiger partial charge in [0.15, 0.2) is 0 Å². The molecule has 1 amide bonds. The molecule has 5 heteroatoms. The summed E-state index contributed by atoms with van der Waals surface area (Å²) in [5.41, 5.74) is 7.11. The van der Waals surface area contributed by atoms with Crippen LogP contribution in [0.3, 0.4) is 0 Å². The van der Waals surface area contributed by atoms with E-state index in [-0.39, 0.29) is 5.91 Å². The molecule has 2 aliphatic rings. The van der Waals surface area contributed by atoms with Crippen molar-refractivity contribution in [3.05, 3.63) is 18.0 Å². The third-order valence-corrected chi connectivity index (χ3v) is 5.24. The number of amides is 1. The number of nitrogens with two attached hydrogens (primary N) is 1. The Hall–Kier alpha value is -1.49. The first-order chi connectivity index (χ1) is 10.1. The number of aryl methyl sites for hydroxylation is 1. The van der Waals surface area contributed by atoms with Crippen LogP contribution in [0.2, 0.25) is 0 Å². The lowest BCUT2D eigenvalue weighted by molar-refractivity contribution is 0.0909. The molecule has 0 radical (unpaired) electrons. The van der Waals surface area contributed by atoms with Crippen molar-refractivity contribution in [1.29, 1.82) is 0 Å². The van der Waals surface area contributed by atoms with E-state index in [4.69, 9.17) is 5.73 Å². The lowest BCUT2D eigenvalue weighted by Gasteiger charge is -2.36. The molecule has 2 saturated heterocycles. The van der Waals surface area contributed by atoms with Gasteiger partial charge in [-0.1, -0.05) is 0 Å². The van der Waals surface area contributed by atoms with Crippen LogP contribution in [0.5, 0.6) is 0 Å². The Kier molecular flexibility index (Phi) is 3.93. The molecule has 1 aromatic rings. The maximum atomic E-state index is 12.3. The van der Waals surface area contributed by atoms with Gasteiger partial charge < -0.3 is 20.5 Å². The number of hydrogen-bond acceptors (Lipinski definition) is 3. The van der Waals surface area contributed by atoms with E-state index in [2.05, 4.69) is 17.3 Å². The topological polar surface area (TPSA) is 63.3 Å². The van der Waals surface area contributed by atoms with Gasteiger partial charge in [0.1, 0.15) is 5.69 Å². The van der Waals surface area contributed by atoms with E-state index in [9.17, 15) is 4.79 Å². The van der Waals surface area contributed by atoms with Crippen molar-refractivity contribution in [2.45, 2.75) is 51.2 Å². The fourth-order valence-electron chi connectivity index (χ4n) is 4.00. The minimum atomic E-state index is -0.000162. The number of carbonyl (C=O) groups is 1. The molecule has 0 spiro atoms. The van der Waals surface area contributed by atoms with E-state index >= 15 is 0 Å². The Morgan fingerprint density at radius 2 is 2.05 bits per heavy atom. The lowest BCUT2D eigenvalue weighted by atomic mass is 9.91. The second-order valence-electron chi connectivity index (χ2n) is 6.54. The molecule has 2 fully saturated rings. The number of hydrogen-bond donors (Lipinski definition) is 2. The fourth-order valence-corrected chi connectivity index (χ4v) is 4.00. The smallest absolute Gasteiger partial charge is 0.267 e. The molecule has 2 aliphatic heterocycles. The van der Waals surface area contributed by atoms with E-state index in [0.29, 0.717) is 17.3 Å². The number of nitrogens with one attached hydrogen (secondary N) is 1. The van der Waals surface area contributed by atoms with Crippen molar-refractivity contribution in [2.75, 3.05) is 19.3 Å². The minimum Gasteiger partial charge on any atom is -0.397 e. The average Bonchev–Trinajstić information content (AvgIpc) is 2.92. The van der Waals surface area contributed by atoms with Crippen molar-refractivity contribution < 1.29 is 4.79 Å². The van der Waals surface area contributed by atoms with Gasteiger partial charge in [-0.25, -0.2) is 0 Å². The van der Waals surface area contributed by atoms with Crippen LogP contribution in [-0.4, -0.2) is 41.1 Å². The maximum absolute atomic E-state index is 12.3. The molecule has 0 aromatic carbocycles. The van der Waals surface area contributed by atoms with Crippen LogP contribution in [0.15, 0.2) is 12.3 Å². The SMILES string of the molecule is CCn1cc(N)cc1C(=O)NCC1CC2CCC(C1)N2C. The van der Waals surface area contributed by atoms with Crippen molar-refractivity contribution in [3.63, 3.8) is 0 Å². The van der Waals surface area contributed by atoms with Gasteiger partial charge in [-0.2, -0.15) is 0 Å². The van der Waals surface area contributed by atoms with Crippen molar-refractivity contribution in [1.82, 2.24) is 14.8 Å². The largest absolute Gasteiger partial charge is 0.397 e. The van der Waals surface area contributed by atoms with Crippen LogP contribution in [-0.2, 0) is 6.54 Å². The van der Waals surface area contributed by atoms with Crippen LogP contribution in [0.1, 0.15) is 43.1 Å². The lowest BCUT2D eigenvalue weighted by Crippen LogP contribution is -2.43. The number of rotatable bonds is 4. The van der Waals surface area contributed by atoms with Gasteiger partial charge in [-0.05, 0) is 51.6 Å². The molecular weight excluding hydrogens is 264 g/mol. The number of aromatic nitrogens is 1. The highest BCUT2D eigenvalue weighted by Crippen LogP contribution is 2.37. The predicted octanol–water partition coefficient (Wildman–Crippen LogP) is 1.69. The third-order valence-electron chi connectivity index (χ3n) is 5.24. The molecule has 2 unspecified atom stereocenters. The summed E-state index contributed by atoms with van der Waals surface area (Å²) in [6.45, 7) is 3.57. The molecule has 3 rings (SSSR count). The summed E-state index contributed by atoms with van der Waals surface area (Å²) in [5.74, 6) is 0.616. The highest BCUT2D eigenvalue weighted by molar-refractivity contribution is 5.93. The summed E-state index contributed by atoms with van der Waals surface area (Å²) in [6, 6.07) is 3.21. The molecule has 0 saturated carbocycles. The van der Waals surface area contributed by atoms with Gasteiger partial charge in [0.05, 0.1) is 5.69 Å². The Balaban J connectivity index is 1.57. The number of anilines is 1. The average molecular weight is 290 g/mol. The summed E-state index contributed by atoms with van der Waals surface area (Å²) < 4.78 is 1.91. The van der Waals surface area contributed by atoms with Gasteiger partial charge in [0.2, 0.25) is 0 Å². The molecule has 2 bridgehead atoms. The number of piperidine rings is 1. The van der Waals surface area contributed by atoms with Crippen LogP contribution < -0.4 is 11.1 Å². The first kappa shape index (κ1) is 14.4. The second-order valence-corrected chi connectivity index (χ2v) is 6.54. The van der Waals surface area contributed by atoms with Crippen LogP contribution in [0, 0.1) is 5.92 Å². The maximum Gasteiger partial charge on any atom is 0.267 e. The Bertz CT molecular complexity index is 510. The van der Waals surface area contributed by atoms with Crippen LogP contribution in [0.25, 0.3) is 0 Å². The summed E-state index contributed by atoms with van der Waals surface area (Å²) >= 11 is 0. The zero-order chi connectivity index (χ0) is 15.0. The van der Waals surface area contributed by atoms with Gasteiger partial charge >= 0.3 is 0 Å². The minimum absolute atomic E-state index is 0.000162. The molecule has 1 aromatic heterocycles. The van der Waals surface area contributed by atoms with Crippen LogP contribution >= 0.6 is 0 Å². The van der Waals surface area contributed by atoms with Gasteiger partial charge in [0.25, 0.3) is 5.91 Å².